The van der Waals surface area contributed by atoms with Crippen molar-refractivity contribution in [3.8, 4) is 0 Å². The highest BCUT2D eigenvalue weighted by Crippen LogP contribution is 2.27. The van der Waals surface area contributed by atoms with E-state index in [1.807, 2.05) is 45.0 Å². The molecule has 0 saturated carbocycles. The number of anilines is 1. The van der Waals surface area contributed by atoms with Gasteiger partial charge in [-0.1, -0.05) is 55.8 Å². The zero-order chi connectivity index (χ0) is 25.5. The smallest absolute Gasteiger partial charge is 0.244 e. The van der Waals surface area contributed by atoms with Crippen LogP contribution < -0.4 is 9.62 Å². The third-order valence-electron chi connectivity index (χ3n) is 5.66. The van der Waals surface area contributed by atoms with E-state index in [2.05, 4.69) is 5.32 Å². The van der Waals surface area contributed by atoms with Gasteiger partial charge in [-0.15, -0.1) is 0 Å². The van der Waals surface area contributed by atoms with Crippen molar-refractivity contribution in [3.63, 3.8) is 0 Å². The monoisotopic (exact) mass is 507 g/mol. The molecule has 186 valence electrons. The molecule has 1 unspecified atom stereocenters. The number of aryl methyl sites for hydroxylation is 2. The number of sulfonamides is 1. The number of nitrogens with one attached hydrogen (secondary N) is 1. The van der Waals surface area contributed by atoms with Gasteiger partial charge in [-0.05, 0) is 55.5 Å². The van der Waals surface area contributed by atoms with E-state index in [1.165, 1.54) is 11.0 Å². The zero-order valence-electron chi connectivity index (χ0n) is 20.5. The van der Waals surface area contributed by atoms with E-state index in [0.717, 1.165) is 28.1 Å². The summed E-state index contributed by atoms with van der Waals surface area (Å²) in [7, 11) is -3.81. The maximum atomic E-state index is 13.7. The van der Waals surface area contributed by atoms with Crippen LogP contribution in [0.15, 0.2) is 42.5 Å². The number of rotatable bonds is 11. The van der Waals surface area contributed by atoms with Crippen molar-refractivity contribution in [2.75, 3.05) is 23.7 Å². The van der Waals surface area contributed by atoms with Gasteiger partial charge < -0.3 is 10.2 Å². The molecule has 0 aromatic heterocycles. The van der Waals surface area contributed by atoms with Crippen LogP contribution in [0.3, 0.4) is 0 Å². The van der Waals surface area contributed by atoms with Crippen molar-refractivity contribution in [1.29, 1.82) is 0 Å². The lowest BCUT2D eigenvalue weighted by molar-refractivity contribution is -0.140. The highest BCUT2D eigenvalue weighted by Gasteiger charge is 2.32. The Balaban J connectivity index is 2.48. The average Bonchev–Trinajstić information content (AvgIpc) is 2.78. The van der Waals surface area contributed by atoms with Crippen LogP contribution in [0, 0.1) is 13.8 Å². The van der Waals surface area contributed by atoms with E-state index in [0.29, 0.717) is 29.2 Å². The Kier molecular flexibility index (Phi) is 9.94. The minimum Gasteiger partial charge on any atom is -0.354 e. The van der Waals surface area contributed by atoms with Gasteiger partial charge in [-0.3, -0.25) is 13.9 Å². The van der Waals surface area contributed by atoms with Gasteiger partial charge in [-0.25, -0.2) is 8.42 Å². The van der Waals surface area contributed by atoms with E-state index in [9.17, 15) is 18.0 Å². The summed E-state index contributed by atoms with van der Waals surface area (Å²) in [5.74, 6) is -0.720. The summed E-state index contributed by atoms with van der Waals surface area (Å²) in [6.07, 6.45) is 2.21. The first-order chi connectivity index (χ1) is 16.0. The number of amides is 2. The largest absolute Gasteiger partial charge is 0.354 e. The lowest BCUT2D eigenvalue weighted by Gasteiger charge is -2.33. The maximum absolute atomic E-state index is 13.7. The molecule has 0 bridgehead atoms. The van der Waals surface area contributed by atoms with E-state index >= 15 is 0 Å². The quantitative estimate of drug-likeness (QED) is 0.497. The minimum absolute atomic E-state index is 0.190. The second-order valence-corrected chi connectivity index (χ2v) is 10.7. The first kappa shape index (κ1) is 27.7. The molecular formula is C25H34ClN3O4S. The van der Waals surface area contributed by atoms with Gasteiger partial charge in [0.05, 0.1) is 11.9 Å². The van der Waals surface area contributed by atoms with E-state index in [4.69, 9.17) is 11.6 Å². The van der Waals surface area contributed by atoms with Gasteiger partial charge in [-0.2, -0.15) is 0 Å². The van der Waals surface area contributed by atoms with Crippen LogP contribution in [-0.4, -0.2) is 50.5 Å². The minimum atomic E-state index is -3.81. The van der Waals surface area contributed by atoms with Gasteiger partial charge in [0.2, 0.25) is 21.8 Å². The van der Waals surface area contributed by atoms with E-state index < -0.39 is 28.5 Å². The summed E-state index contributed by atoms with van der Waals surface area (Å²) in [6.45, 7) is 7.73. The standard InChI is InChI=1S/C25H34ClN3O4S/c1-6-14-27-25(31)22(7-2)28(16-20-11-9-8-10-18(20)3)24(30)17-29(34(5,32)33)23-15-21(26)13-12-19(23)4/h8-13,15,22H,6-7,14,16-17H2,1-5H3,(H,27,31). The van der Waals surface area contributed by atoms with E-state index in [-0.39, 0.29) is 12.5 Å². The van der Waals surface area contributed by atoms with Crippen molar-refractivity contribution in [2.24, 2.45) is 0 Å². The van der Waals surface area contributed by atoms with Crippen molar-refractivity contribution in [3.05, 3.63) is 64.2 Å². The fraction of sp³-hybridized carbons (Fsp3) is 0.440. The van der Waals surface area contributed by atoms with Crippen LogP contribution >= 0.6 is 11.6 Å². The number of halogens is 1. The third-order valence-corrected chi connectivity index (χ3v) is 7.02. The number of carbonyl (C=O) groups is 2. The molecule has 2 aromatic carbocycles. The first-order valence-electron chi connectivity index (χ1n) is 11.3. The Morgan fingerprint density at radius 3 is 2.32 bits per heavy atom. The molecule has 0 saturated heterocycles. The number of hydrogen-bond acceptors (Lipinski definition) is 4. The molecule has 0 aliphatic rings. The molecule has 2 amide bonds. The number of hydrogen-bond donors (Lipinski definition) is 1. The molecule has 2 aromatic rings. The Labute approximate surface area is 208 Å². The molecular weight excluding hydrogens is 474 g/mol. The molecule has 0 spiro atoms. The van der Waals surface area contributed by atoms with Crippen LogP contribution in [0.4, 0.5) is 5.69 Å². The van der Waals surface area contributed by atoms with Crippen molar-refractivity contribution in [1.82, 2.24) is 10.2 Å². The summed E-state index contributed by atoms with van der Waals surface area (Å²) < 4.78 is 26.5. The maximum Gasteiger partial charge on any atom is 0.244 e. The molecule has 2 rings (SSSR count). The molecule has 34 heavy (non-hydrogen) atoms. The van der Waals surface area contributed by atoms with Gasteiger partial charge in [0.1, 0.15) is 12.6 Å². The topological polar surface area (TPSA) is 86.8 Å². The molecule has 0 heterocycles. The third kappa shape index (κ3) is 7.21. The Morgan fingerprint density at radius 2 is 1.74 bits per heavy atom. The zero-order valence-corrected chi connectivity index (χ0v) is 22.0. The molecule has 9 heteroatoms. The molecule has 0 radical (unpaired) electrons. The normalized spacial score (nSPS) is 12.2. The van der Waals surface area contributed by atoms with Crippen molar-refractivity contribution < 1.29 is 18.0 Å². The highest BCUT2D eigenvalue weighted by atomic mass is 35.5. The van der Waals surface area contributed by atoms with Gasteiger partial charge in [0.15, 0.2) is 0 Å². The molecule has 0 aliphatic heterocycles. The molecule has 1 atom stereocenters. The van der Waals surface area contributed by atoms with Crippen molar-refractivity contribution >= 4 is 39.1 Å². The van der Waals surface area contributed by atoms with Gasteiger partial charge >= 0.3 is 0 Å². The number of nitrogens with zero attached hydrogens (tertiary/aromatic N) is 2. The predicted octanol–water partition coefficient (Wildman–Crippen LogP) is 4.06. The molecule has 1 N–H and O–H groups in total. The second kappa shape index (κ2) is 12.2. The lowest BCUT2D eigenvalue weighted by Crippen LogP contribution is -2.52. The molecule has 0 aliphatic carbocycles. The summed E-state index contributed by atoms with van der Waals surface area (Å²) in [4.78, 5) is 28.1. The summed E-state index contributed by atoms with van der Waals surface area (Å²) in [5.41, 5.74) is 2.88. The Bertz CT molecular complexity index is 1120. The highest BCUT2D eigenvalue weighted by molar-refractivity contribution is 7.92. The molecule has 0 fully saturated rings. The molecule has 7 nitrogen and oxygen atoms in total. The van der Waals surface area contributed by atoms with Crippen LogP contribution in [0.5, 0.6) is 0 Å². The summed E-state index contributed by atoms with van der Waals surface area (Å²) in [5, 5.41) is 3.23. The van der Waals surface area contributed by atoms with Crippen molar-refractivity contribution in [2.45, 2.75) is 53.1 Å². The van der Waals surface area contributed by atoms with Crippen LogP contribution in [-0.2, 0) is 26.2 Å². The summed E-state index contributed by atoms with van der Waals surface area (Å²) in [6, 6.07) is 11.8. The SMILES string of the molecule is CCCNC(=O)C(CC)N(Cc1ccccc1C)C(=O)CN(c1cc(Cl)ccc1C)S(C)(=O)=O. The second-order valence-electron chi connectivity index (χ2n) is 8.36. The summed E-state index contributed by atoms with van der Waals surface area (Å²) >= 11 is 6.13. The van der Waals surface area contributed by atoms with Gasteiger partial charge in [0.25, 0.3) is 0 Å². The Morgan fingerprint density at radius 1 is 1.06 bits per heavy atom. The predicted molar refractivity (Wildman–Crippen MR) is 137 cm³/mol. The Hall–Kier alpha value is -2.58. The van der Waals surface area contributed by atoms with Crippen LogP contribution in [0.2, 0.25) is 5.02 Å². The fourth-order valence-electron chi connectivity index (χ4n) is 3.70. The van der Waals surface area contributed by atoms with Gasteiger partial charge in [0, 0.05) is 18.1 Å². The average molecular weight is 508 g/mol. The van der Waals surface area contributed by atoms with E-state index in [1.54, 1.807) is 19.1 Å². The lowest BCUT2D eigenvalue weighted by atomic mass is 10.1. The van der Waals surface area contributed by atoms with Crippen LogP contribution in [0.25, 0.3) is 0 Å². The van der Waals surface area contributed by atoms with Crippen LogP contribution in [0.1, 0.15) is 43.4 Å². The number of carbonyl (C=O) groups excluding carboxylic acids is 2. The fourth-order valence-corrected chi connectivity index (χ4v) is 4.77. The first-order valence-corrected chi connectivity index (χ1v) is 13.6. The number of benzene rings is 2.